The van der Waals surface area contributed by atoms with E-state index in [1.165, 1.54) is 0 Å². The van der Waals surface area contributed by atoms with Gasteiger partial charge in [-0.3, -0.25) is 4.98 Å². The monoisotopic (exact) mass is 357 g/mol. The van der Waals surface area contributed by atoms with Crippen LogP contribution >= 0.6 is 0 Å². The Kier molecular flexibility index (Phi) is 3.23. The van der Waals surface area contributed by atoms with Crippen LogP contribution in [0.2, 0.25) is 0 Å². The Balaban J connectivity index is 0.000000720. The Labute approximate surface area is 92.1 Å². The molecule has 64 valence electrons. The van der Waals surface area contributed by atoms with Crippen molar-refractivity contribution >= 4 is 23.5 Å². The molecular formula is C9H6AuNS. The van der Waals surface area contributed by atoms with Gasteiger partial charge in [0, 0.05) is 6.20 Å². The average molecular weight is 357 g/mol. The molecule has 1 aromatic heterocycles. The van der Waals surface area contributed by atoms with Gasteiger partial charge in [0.05, 0.1) is 5.52 Å². The molecule has 2 aromatic rings. The molecule has 0 atom stereocenters. The summed E-state index contributed by atoms with van der Waals surface area (Å²) in [4.78, 5) is 5.00. The molecule has 0 aliphatic carbocycles. The second-order valence-corrected chi connectivity index (χ2v) is 2.77. The number of rotatable bonds is 0. The Morgan fingerprint density at radius 3 is 2.58 bits per heavy atom. The fourth-order valence-corrected chi connectivity index (χ4v) is 1.33. The van der Waals surface area contributed by atoms with E-state index in [1.54, 1.807) is 6.20 Å². The standard InChI is InChI=1S/C9H7NS.Au/c11-8-5-1-3-7-4-2-6-10-9(7)8;/h1-6,11H;/q;+1/p-1. The van der Waals surface area contributed by atoms with Gasteiger partial charge in [0.1, 0.15) is 0 Å². The van der Waals surface area contributed by atoms with Gasteiger partial charge in [-0.2, -0.15) is 0 Å². The molecule has 0 aliphatic heterocycles. The van der Waals surface area contributed by atoms with Gasteiger partial charge in [-0.05, 0) is 11.5 Å². The maximum Gasteiger partial charge on any atom is 1.00 e. The summed E-state index contributed by atoms with van der Waals surface area (Å²) in [6.45, 7) is 0. The third-order valence-corrected chi connectivity index (χ3v) is 1.93. The number of pyridine rings is 1. The second kappa shape index (κ2) is 4.01. The number of aromatic nitrogens is 1. The summed E-state index contributed by atoms with van der Waals surface area (Å²) in [5.74, 6) is 0. The van der Waals surface area contributed by atoms with E-state index in [0.717, 1.165) is 15.8 Å². The molecule has 0 N–H and O–H groups in total. The Morgan fingerprint density at radius 2 is 1.83 bits per heavy atom. The van der Waals surface area contributed by atoms with Crippen molar-refractivity contribution in [2.45, 2.75) is 4.90 Å². The Bertz CT molecular complexity index is 384. The van der Waals surface area contributed by atoms with Crippen molar-refractivity contribution in [3.05, 3.63) is 36.5 Å². The summed E-state index contributed by atoms with van der Waals surface area (Å²) >= 11 is 5.09. The first-order chi connectivity index (χ1) is 5.38. The first kappa shape index (κ1) is 9.68. The second-order valence-electron chi connectivity index (χ2n) is 2.33. The first-order valence-corrected chi connectivity index (χ1v) is 3.79. The maximum atomic E-state index is 5.09. The summed E-state index contributed by atoms with van der Waals surface area (Å²) in [5, 5.41) is 1.11. The van der Waals surface area contributed by atoms with E-state index in [9.17, 15) is 0 Å². The third-order valence-electron chi connectivity index (χ3n) is 1.60. The van der Waals surface area contributed by atoms with Crippen LogP contribution in [0.1, 0.15) is 0 Å². The number of para-hydroxylation sites is 1. The topological polar surface area (TPSA) is 12.9 Å². The zero-order valence-corrected chi connectivity index (χ0v) is 9.10. The quantitative estimate of drug-likeness (QED) is 0.529. The van der Waals surface area contributed by atoms with E-state index >= 15 is 0 Å². The van der Waals surface area contributed by atoms with Crippen molar-refractivity contribution in [1.82, 2.24) is 4.98 Å². The average Bonchev–Trinajstić information content (AvgIpc) is 2.06. The normalized spacial score (nSPS) is 9.33. The molecule has 0 bridgehead atoms. The number of benzene rings is 1. The molecule has 0 radical (unpaired) electrons. The molecule has 0 amide bonds. The van der Waals surface area contributed by atoms with E-state index in [0.29, 0.717) is 0 Å². The zero-order chi connectivity index (χ0) is 7.68. The maximum absolute atomic E-state index is 5.09. The van der Waals surface area contributed by atoms with E-state index in [1.807, 2.05) is 30.3 Å². The molecule has 0 spiro atoms. The van der Waals surface area contributed by atoms with Crippen LogP contribution in [-0.4, -0.2) is 4.98 Å². The summed E-state index contributed by atoms with van der Waals surface area (Å²) in [7, 11) is 0. The largest absolute Gasteiger partial charge is 1.00 e. The van der Waals surface area contributed by atoms with Crippen molar-refractivity contribution < 1.29 is 22.4 Å². The minimum absolute atomic E-state index is 0. The van der Waals surface area contributed by atoms with Crippen LogP contribution in [0.25, 0.3) is 10.9 Å². The predicted molar refractivity (Wildman–Crippen MR) is 47.4 cm³/mol. The summed E-state index contributed by atoms with van der Waals surface area (Å²) in [5.41, 5.74) is 0.921. The van der Waals surface area contributed by atoms with Crippen LogP contribution in [-0.2, 0) is 35.0 Å². The summed E-state index contributed by atoms with van der Waals surface area (Å²) in [6.07, 6.45) is 1.76. The molecule has 1 nitrogen and oxygen atoms in total. The van der Waals surface area contributed by atoms with Crippen molar-refractivity contribution in [2.24, 2.45) is 0 Å². The number of nitrogens with zero attached hydrogens (tertiary/aromatic N) is 1. The molecule has 1 aromatic carbocycles. The molecule has 0 aliphatic rings. The molecule has 0 saturated carbocycles. The fourth-order valence-electron chi connectivity index (χ4n) is 1.08. The van der Waals surface area contributed by atoms with E-state index in [4.69, 9.17) is 12.6 Å². The minimum Gasteiger partial charge on any atom is -0.778 e. The van der Waals surface area contributed by atoms with Crippen LogP contribution in [0.5, 0.6) is 0 Å². The number of hydrogen-bond donors (Lipinski definition) is 0. The number of fused-ring (bicyclic) bond motifs is 1. The molecular weight excluding hydrogens is 351 g/mol. The first-order valence-electron chi connectivity index (χ1n) is 3.39. The van der Waals surface area contributed by atoms with Crippen molar-refractivity contribution in [2.75, 3.05) is 0 Å². The summed E-state index contributed by atoms with van der Waals surface area (Å²) in [6, 6.07) is 9.78. The van der Waals surface area contributed by atoms with E-state index < -0.39 is 0 Å². The van der Waals surface area contributed by atoms with Gasteiger partial charge in [0.2, 0.25) is 0 Å². The van der Waals surface area contributed by atoms with Gasteiger partial charge < -0.3 is 12.6 Å². The van der Waals surface area contributed by atoms with Crippen molar-refractivity contribution in [3.63, 3.8) is 0 Å². The van der Waals surface area contributed by atoms with Gasteiger partial charge in [0.25, 0.3) is 0 Å². The molecule has 0 unspecified atom stereocenters. The van der Waals surface area contributed by atoms with E-state index in [-0.39, 0.29) is 22.4 Å². The van der Waals surface area contributed by atoms with Gasteiger partial charge in [0.15, 0.2) is 0 Å². The summed E-state index contributed by atoms with van der Waals surface area (Å²) < 4.78 is 0. The van der Waals surface area contributed by atoms with Crippen molar-refractivity contribution in [3.8, 4) is 0 Å². The van der Waals surface area contributed by atoms with Gasteiger partial charge in [-0.25, -0.2) is 0 Å². The van der Waals surface area contributed by atoms with E-state index in [2.05, 4.69) is 4.98 Å². The van der Waals surface area contributed by atoms with Crippen molar-refractivity contribution in [1.29, 1.82) is 0 Å². The number of hydrogen-bond acceptors (Lipinski definition) is 2. The molecule has 0 saturated heterocycles. The van der Waals surface area contributed by atoms with Crippen LogP contribution in [0.4, 0.5) is 0 Å². The Morgan fingerprint density at radius 1 is 1.08 bits per heavy atom. The SMILES string of the molecule is [Au+].[S-]c1cccc2cccnc12. The molecule has 1 heterocycles. The minimum atomic E-state index is 0. The van der Waals surface area contributed by atoms with Gasteiger partial charge in [-0.1, -0.05) is 24.3 Å². The van der Waals surface area contributed by atoms with Crippen LogP contribution in [0, 0.1) is 0 Å². The third kappa shape index (κ3) is 1.67. The predicted octanol–water partition coefficient (Wildman–Crippen LogP) is 2.14. The molecule has 2 rings (SSSR count). The Hall–Kier alpha value is -0.410. The van der Waals surface area contributed by atoms with Gasteiger partial charge >= 0.3 is 22.4 Å². The smallest absolute Gasteiger partial charge is 0.778 e. The van der Waals surface area contributed by atoms with Gasteiger partial charge in [-0.15, -0.1) is 4.90 Å². The van der Waals surface area contributed by atoms with Crippen LogP contribution < -0.4 is 0 Å². The molecule has 12 heavy (non-hydrogen) atoms. The zero-order valence-electron chi connectivity index (χ0n) is 6.12. The fraction of sp³-hybridized carbons (Fsp3) is 0. The molecule has 0 fully saturated rings. The van der Waals surface area contributed by atoms with Crippen LogP contribution in [0.3, 0.4) is 0 Å². The van der Waals surface area contributed by atoms with Crippen LogP contribution in [0.15, 0.2) is 41.4 Å². The molecule has 3 heteroatoms.